The van der Waals surface area contributed by atoms with Crippen LogP contribution in [0, 0.1) is 6.92 Å². The Kier molecular flexibility index (Phi) is 6.13. The Labute approximate surface area is 208 Å². The molecule has 0 radical (unpaired) electrons. The fourth-order valence-corrected chi connectivity index (χ4v) is 5.20. The van der Waals surface area contributed by atoms with E-state index in [1.807, 2.05) is 6.92 Å². The van der Waals surface area contributed by atoms with Gasteiger partial charge in [0.1, 0.15) is 11.4 Å². The van der Waals surface area contributed by atoms with E-state index in [0.717, 1.165) is 61.1 Å². The summed E-state index contributed by atoms with van der Waals surface area (Å²) in [6.45, 7) is 5.25. The maximum Gasteiger partial charge on any atom is 0.190 e. The van der Waals surface area contributed by atoms with Crippen LogP contribution in [0.15, 0.2) is 83.4 Å². The van der Waals surface area contributed by atoms with Gasteiger partial charge in [0.05, 0.1) is 0 Å². The van der Waals surface area contributed by atoms with Gasteiger partial charge < -0.3 is 9.84 Å². The average Bonchev–Trinajstić information content (AvgIpc) is 3.70. The van der Waals surface area contributed by atoms with Gasteiger partial charge in [-0.1, -0.05) is 84.0 Å². The highest BCUT2D eigenvalue weighted by Gasteiger charge is 2.24. The molecule has 0 spiro atoms. The summed E-state index contributed by atoms with van der Waals surface area (Å²) in [5.74, 6) is 1.63. The van der Waals surface area contributed by atoms with E-state index in [2.05, 4.69) is 94.2 Å². The lowest BCUT2D eigenvalue weighted by Gasteiger charge is -2.32. The number of likely N-dealkylation sites (tertiary alicyclic amines) is 1. The zero-order valence-corrected chi connectivity index (χ0v) is 20.4. The summed E-state index contributed by atoms with van der Waals surface area (Å²) in [5.41, 5.74) is 8.37. The molecule has 2 heterocycles. The second-order valence-corrected chi connectivity index (χ2v) is 10.1. The van der Waals surface area contributed by atoms with Gasteiger partial charge in [0, 0.05) is 31.2 Å². The third-order valence-electron chi connectivity index (χ3n) is 7.49. The molecule has 35 heavy (non-hydrogen) atoms. The van der Waals surface area contributed by atoms with Crippen LogP contribution < -0.4 is 5.32 Å². The smallest absolute Gasteiger partial charge is 0.190 e. The van der Waals surface area contributed by atoms with Gasteiger partial charge in [0.15, 0.2) is 5.76 Å². The highest BCUT2D eigenvalue weighted by molar-refractivity contribution is 5.76. The van der Waals surface area contributed by atoms with Crippen molar-refractivity contribution in [3.05, 3.63) is 95.7 Å². The van der Waals surface area contributed by atoms with Gasteiger partial charge in [0.25, 0.3) is 0 Å². The highest BCUT2D eigenvalue weighted by Crippen LogP contribution is 2.40. The first-order chi connectivity index (χ1) is 17.2. The van der Waals surface area contributed by atoms with Crippen LogP contribution in [0.3, 0.4) is 0 Å². The molecule has 1 saturated heterocycles. The Morgan fingerprint density at radius 2 is 1.43 bits per heavy atom. The lowest BCUT2D eigenvalue weighted by molar-refractivity contribution is 0.211. The first kappa shape index (κ1) is 22.1. The van der Waals surface area contributed by atoms with E-state index in [0.29, 0.717) is 6.04 Å². The van der Waals surface area contributed by atoms with Gasteiger partial charge in [-0.15, -0.1) is 0 Å². The summed E-state index contributed by atoms with van der Waals surface area (Å²) in [5, 5.41) is 8.06. The Hall–Kier alpha value is -3.37. The molecule has 0 bridgehead atoms. The zero-order chi connectivity index (χ0) is 23.6. The van der Waals surface area contributed by atoms with E-state index < -0.39 is 0 Å². The molecular formula is C31H33N3O. The number of nitrogens with one attached hydrogen (secondary N) is 1. The summed E-state index contributed by atoms with van der Waals surface area (Å²) < 4.78 is 5.79. The Bertz CT molecular complexity index is 1250. The van der Waals surface area contributed by atoms with Gasteiger partial charge >= 0.3 is 0 Å². The molecule has 6 rings (SSSR count). The van der Waals surface area contributed by atoms with Crippen LogP contribution in [0.4, 0.5) is 5.69 Å². The van der Waals surface area contributed by atoms with Crippen LogP contribution in [-0.2, 0) is 6.54 Å². The van der Waals surface area contributed by atoms with Crippen molar-refractivity contribution in [3.8, 4) is 22.5 Å². The molecule has 3 aromatic carbocycles. The van der Waals surface area contributed by atoms with Crippen molar-refractivity contribution in [2.24, 2.45) is 0 Å². The molecule has 1 N–H and O–H groups in total. The van der Waals surface area contributed by atoms with E-state index in [1.165, 1.54) is 35.1 Å². The highest BCUT2D eigenvalue weighted by atomic mass is 16.5. The number of hydrogen-bond donors (Lipinski definition) is 1. The maximum absolute atomic E-state index is 5.79. The van der Waals surface area contributed by atoms with Crippen molar-refractivity contribution in [3.63, 3.8) is 0 Å². The summed E-state index contributed by atoms with van der Waals surface area (Å²) in [6, 6.07) is 28.9. The number of rotatable bonds is 7. The Morgan fingerprint density at radius 1 is 0.800 bits per heavy atom. The third-order valence-corrected chi connectivity index (χ3v) is 7.49. The molecule has 2 fully saturated rings. The first-order valence-corrected chi connectivity index (χ1v) is 12.9. The number of hydrogen-bond acceptors (Lipinski definition) is 4. The minimum absolute atomic E-state index is 0.433. The Morgan fingerprint density at radius 3 is 2.09 bits per heavy atom. The first-order valence-electron chi connectivity index (χ1n) is 12.9. The Balaban J connectivity index is 1.11. The topological polar surface area (TPSA) is 41.3 Å². The van der Waals surface area contributed by atoms with Crippen molar-refractivity contribution in [1.82, 2.24) is 10.1 Å². The molecule has 0 unspecified atom stereocenters. The number of aryl methyl sites for hydroxylation is 1. The zero-order valence-electron chi connectivity index (χ0n) is 20.4. The summed E-state index contributed by atoms with van der Waals surface area (Å²) in [7, 11) is 0. The van der Waals surface area contributed by atoms with E-state index in [9.17, 15) is 0 Å². The molecule has 4 aromatic rings. The quantitative estimate of drug-likeness (QED) is 0.313. The minimum atomic E-state index is 0.433. The number of nitrogens with zero attached hydrogens (tertiary/aromatic N) is 2. The average molecular weight is 464 g/mol. The second kappa shape index (κ2) is 9.71. The molecular weight excluding hydrogens is 430 g/mol. The lowest BCUT2D eigenvalue weighted by atomic mass is 10.00. The van der Waals surface area contributed by atoms with E-state index >= 15 is 0 Å². The lowest BCUT2D eigenvalue weighted by Crippen LogP contribution is -2.38. The monoisotopic (exact) mass is 463 g/mol. The minimum Gasteiger partial charge on any atom is -0.378 e. The normalized spacial score (nSPS) is 16.9. The molecule has 0 amide bonds. The van der Waals surface area contributed by atoms with Crippen LogP contribution in [0.25, 0.3) is 22.5 Å². The van der Waals surface area contributed by atoms with Crippen LogP contribution in [0.5, 0.6) is 0 Å². The summed E-state index contributed by atoms with van der Waals surface area (Å²) in [4.78, 5) is 2.55. The second-order valence-electron chi connectivity index (χ2n) is 10.1. The van der Waals surface area contributed by atoms with Crippen LogP contribution in [0.2, 0.25) is 0 Å². The molecule has 0 atom stereocenters. The molecule has 178 valence electrons. The van der Waals surface area contributed by atoms with Gasteiger partial charge in [0.2, 0.25) is 0 Å². The van der Waals surface area contributed by atoms with Gasteiger partial charge in [-0.3, -0.25) is 4.90 Å². The van der Waals surface area contributed by atoms with Crippen molar-refractivity contribution in [2.75, 3.05) is 18.4 Å². The van der Waals surface area contributed by atoms with Crippen molar-refractivity contribution >= 4 is 5.69 Å². The molecule has 1 aliphatic carbocycles. The summed E-state index contributed by atoms with van der Waals surface area (Å²) in [6.07, 6.45) is 4.92. The molecule has 1 aromatic heterocycles. The van der Waals surface area contributed by atoms with Crippen LogP contribution in [-0.4, -0.2) is 29.2 Å². The van der Waals surface area contributed by atoms with Gasteiger partial charge in [-0.05, 0) is 60.8 Å². The van der Waals surface area contributed by atoms with Crippen molar-refractivity contribution in [2.45, 2.75) is 51.1 Å². The predicted molar refractivity (Wildman–Crippen MR) is 142 cm³/mol. The molecule has 4 nitrogen and oxygen atoms in total. The number of piperidine rings is 1. The van der Waals surface area contributed by atoms with Crippen LogP contribution >= 0.6 is 0 Å². The predicted octanol–water partition coefficient (Wildman–Crippen LogP) is 7.27. The van der Waals surface area contributed by atoms with E-state index in [1.54, 1.807) is 0 Å². The van der Waals surface area contributed by atoms with Gasteiger partial charge in [-0.2, -0.15) is 0 Å². The number of anilines is 1. The van der Waals surface area contributed by atoms with E-state index in [4.69, 9.17) is 4.52 Å². The van der Waals surface area contributed by atoms with Crippen LogP contribution in [0.1, 0.15) is 48.4 Å². The molecule has 2 aliphatic rings. The van der Waals surface area contributed by atoms with Crippen molar-refractivity contribution < 1.29 is 4.52 Å². The number of benzene rings is 3. The largest absolute Gasteiger partial charge is 0.378 e. The molecule has 1 aliphatic heterocycles. The van der Waals surface area contributed by atoms with Gasteiger partial charge in [-0.25, -0.2) is 0 Å². The summed E-state index contributed by atoms with van der Waals surface area (Å²) >= 11 is 0. The fourth-order valence-electron chi connectivity index (χ4n) is 5.20. The van der Waals surface area contributed by atoms with Crippen molar-refractivity contribution in [1.29, 1.82) is 0 Å². The third kappa shape index (κ3) is 5.03. The molecule has 4 heteroatoms. The maximum atomic E-state index is 5.79. The molecule has 1 saturated carbocycles. The SMILES string of the molecule is Cc1noc(-c2ccc(-c3ccc(C4CC4)cc3)cc2)c1NC1CCN(Cc2ccccc2)CC1. The van der Waals surface area contributed by atoms with E-state index in [-0.39, 0.29) is 0 Å². The standard InChI is InChI=1S/C31H33N3O/c1-22-30(32-29-17-19-34(20-18-29)21-23-5-3-2-4-6-23)31(35-33-22)28-15-13-27(14-16-28)26-11-9-25(10-12-26)24-7-8-24/h2-6,9-16,24,29,32H,7-8,17-21H2,1H3. The fraction of sp³-hybridized carbons (Fsp3) is 0.323. The number of aromatic nitrogens is 1.